The molecule has 0 aliphatic heterocycles. The summed E-state index contributed by atoms with van der Waals surface area (Å²) in [5.74, 6) is 1.14. The zero-order chi connectivity index (χ0) is 12.8. The molecular formula is C15H17ClO2. The number of hydrogen-bond donors (Lipinski definition) is 0. The molecule has 0 unspecified atom stereocenters. The van der Waals surface area contributed by atoms with Gasteiger partial charge in [0.05, 0.1) is 12.2 Å². The van der Waals surface area contributed by atoms with Crippen molar-refractivity contribution in [2.45, 2.75) is 12.8 Å². The number of esters is 1. The van der Waals surface area contributed by atoms with E-state index in [0.29, 0.717) is 29.9 Å². The van der Waals surface area contributed by atoms with Crippen molar-refractivity contribution in [3.8, 4) is 0 Å². The first-order valence-corrected chi connectivity index (χ1v) is 6.78. The van der Waals surface area contributed by atoms with E-state index < -0.39 is 0 Å². The van der Waals surface area contributed by atoms with Crippen LogP contribution in [0.2, 0.25) is 0 Å². The molecule has 2 atom stereocenters. The topological polar surface area (TPSA) is 26.3 Å². The maximum atomic E-state index is 11.8. The van der Waals surface area contributed by atoms with E-state index in [1.165, 1.54) is 0 Å². The van der Waals surface area contributed by atoms with Gasteiger partial charge in [0.2, 0.25) is 0 Å². The molecule has 18 heavy (non-hydrogen) atoms. The molecular weight excluding hydrogens is 248 g/mol. The Morgan fingerprint density at radius 2 is 1.83 bits per heavy atom. The molecule has 0 aromatic heterocycles. The van der Waals surface area contributed by atoms with Crippen LogP contribution in [0.15, 0.2) is 42.5 Å². The third-order valence-corrected chi connectivity index (χ3v) is 3.74. The average Bonchev–Trinajstić information content (AvgIpc) is 2.46. The van der Waals surface area contributed by atoms with Crippen molar-refractivity contribution in [1.29, 1.82) is 0 Å². The quantitative estimate of drug-likeness (QED) is 0.471. The third kappa shape index (κ3) is 3.36. The van der Waals surface area contributed by atoms with Crippen molar-refractivity contribution in [3.05, 3.63) is 48.0 Å². The Morgan fingerprint density at radius 3 is 2.50 bits per heavy atom. The summed E-state index contributed by atoms with van der Waals surface area (Å²) in [6.07, 6.45) is 6.23. The van der Waals surface area contributed by atoms with Crippen LogP contribution < -0.4 is 0 Å². The van der Waals surface area contributed by atoms with Crippen LogP contribution in [0, 0.1) is 11.8 Å². The fourth-order valence-electron chi connectivity index (χ4n) is 2.16. The van der Waals surface area contributed by atoms with Gasteiger partial charge in [-0.2, -0.15) is 0 Å². The van der Waals surface area contributed by atoms with Gasteiger partial charge in [0.25, 0.3) is 0 Å². The maximum Gasteiger partial charge on any atom is 0.338 e. The van der Waals surface area contributed by atoms with Crippen molar-refractivity contribution in [2.24, 2.45) is 11.8 Å². The molecule has 1 aliphatic carbocycles. The number of carbonyl (C=O) groups excluding carboxylic acids is 1. The first-order valence-electron chi connectivity index (χ1n) is 6.24. The molecule has 0 saturated carbocycles. The predicted molar refractivity (Wildman–Crippen MR) is 72.8 cm³/mol. The summed E-state index contributed by atoms with van der Waals surface area (Å²) in [5, 5.41) is 0. The van der Waals surface area contributed by atoms with Crippen LogP contribution in [-0.2, 0) is 4.74 Å². The molecule has 2 nitrogen and oxygen atoms in total. The molecule has 0 spiro atoms. The van der Waals surface area contributed by atoms with E-state index >= 15 is 0 Å². The number of carbonyl (C=O) groups is 1. The Labute approximate surface area is 113 Å². The van der Waals surface area contributed by atoms with E-state index in [1.54, 1.807) is 12.1 Å². The van der Waals surface area contributed by atoms with Crippen LogP contribution in [0.4, 0.5) is 0 Å². The lowest BCUT2D eigenvalue weighted by Gasteiger charge is -2.26. The monoisotopic (exact) mass is 264 g/mol. The van der Waals surface area contributed by atoms with Gasteiger partial charge in [-0.1, -0.05) is 30.4 Å². The number of ether oxygens (including phenoxy) is 1. The molecule has 0 radical (unpaired) electrons. The minimum Gasteiger partial charge on any atom is -0.462 e. The van der Waals surface area contributed by atoms with Crippen molar-refractivity contribution in [2.75, 3.05) is 12.5 Å². The van der Waals surface area contributed by atoms with E-state index in [4.69, 9.17) is 16.3 Å². The normalized spacial score (nSPS) is 22.7. The minimum absolute atomic E-state index is 0.251. The predicted octanol–water partition coefficient (Wildman–Crippen LogP) is 3.66. The first kappa shape index (κ1) is 13.2. The smallest absolute Gasteiger partial charge is 0.338 e. The van der Waals surface area contributed by atoms with Crippen LogP contribution in [0.25, 0.3) is 0 Å². The molecule has 0 N–H and O–H groups in total. The molecule has 0 saturated heterocycles. The number of benzene rings is 1. The Bertz CT molecular complexity index is 414. The Kier molecular flexibility index (Phi) is 4.82. The van der Waals surface area contributed by atoms with Gasteiger partial charge < -0.3 is 4.74 Å². The van der Waals surface area contributed by atoms with Gasteiger partial charge in [-0.05, 0) is 30.9 Å². The number of allylic oxidation sites excluding steroid dienone is 2. The average molecular weight is 265 g/mol. The lowest BCUT2D eigenvalue weighted by atomic mass is 9.85. The Hall–Kier alpha value is -1.28. The van der Waals surface area contributed by atoms with Gasteiger partial charge in [0.15, 0.2) is 0 Å². The molecule has 3 heteroatoms. The van der Waals surface area contributed by atoms with Crippen LogP contribution in [0.1, 0.15) is 23.2 Å². The van der Waals surface area contributed by atoms with Crippen molar-refractivity contribution in [1.82, 2.24) is 0 Å². The Morgan fingerprint density at radius 1 is 1.17 bits per heavy atom. The second-order valence-electron chi connectivity index (χ2n) is 4.58. The summed E-state index contributed by atoms with van der Waals surface area (Å²) < 4.78 is 5.37. The van der Waals surface area contributed by atoms with E-state index in [1.807, 2.05) is 18.2 Å². The summed E-state index contributed by atoms with van der Waals surface area (Å²) in [7, 11) is 0. The van der Waals surface area contributed by atoms with E-state index in [-0.39, 0.29) is 5.97 Å². The summed E-state index contributed by atoms with van der Waals surface area (Å²) in [6, 6.07) is 9.08. The van der Waals surface area contributed by atoms with Crippen molar-refractivity contribution >= 4 is 17.6 Å². The zero-order valence-corrected chi connectivity index (χ0v) is 11.0. The lowest BCUT2D eigenvalue weighted by molar-refractivity contribution is 0.0396. The van der Waals surface area contributed by atoms with E-state index in [2.05, 4.69) is 12.2 Å². The number of halogens is 1. The fourth-order valence-corrected chi connectivity index (χ4v) is 2.54. The molecule has 0 fully saturated rings. The van der Waals surface area contributed by atoms with Gasteiger partial charge >= 0.3 is 5.97 Å². The Balaban J connectivity index is 1.88. The molecule has 96 valence electrons. The molecule has 1 aromatic rings. The van der Waals surface area contributed by atoms with Gasteiger partial charge in [-0.3, -0.25) is 0 Å². The van der Waals surface area contributed by atoms with Crippen LogP contribution >= 0.6 is 11.6 Å². The van der Waals surface area contributed by atoms with E-state index in [9.17, 15) is 4.79 Å². The van der Waals surface area contributed by atoms with Gasteiger partial charge in [-0.15, -0.1) is 11.6 Å². The van der Waals surface area contributed by atoms with Gasteiger partial charge in [0, 0.05) is 11.8 Å². The standard InChI is InChI=1S/C15H17ClO2/c16-10-13-8-4-5-9-14(13)11-18-15(17)12-6-2-1-3-7-12/h1-7,13-14H,8-11H2/t13-,14-/m0/s1. The lowest BCUT2D eigenvalue weighted by Crippen LogP contribution is -2.24. The summed E-state index contributed by atoms with van der Waals surface area (Å²) >= 11 is 5.93. The van der Waals surface area contributed by atoms with Gasteiger partial charge in [0.1, 0.15) is 0 Å². The molecule has 0 heterocycles. The van der Waals surface area contributed by atoms with Crippen LogP contribution in [0.3, 0.4) is 0 Å². The molecule has 1 aliphatic rings. The number of hydrogen-bond acceptors (Lipinski definition) is 2. The third-order valence-electron chi connectivity index (χ3n) is 3.35. The molecule has 0 amide bonds. The second kappa shape index (κ2) is 6.60. The molecule has 2 rings (SSSR count). The number of rotatable bonds is 4. The fraction of sp³-hybridized carbons (Fsp3) is 0.400. The highest BCUT2D eigenvalue weighted by Crippen LogP contribution is 2.27. The van der Waals surface area contributed by atoms with Gasteiger partial charge in [-0.25, -0.2) is 4.79 Å². The number of alkyl halides is 1. The summed E-state index contributed by atoms with van der Waals surface area (Å²) in [4.78, 5) is 11.8. The second-order valence-corrected chi connectivity index (χ2v) is 4.89. The maximum absolute atomic E-state index is 11.8. The highest BCUT2D eigenvalue weighted by Gasteiger charge is 2.23. The summed E-state index contributed by atoms with van der Waals surface area (Å²) in [6.45, 7) is 0.454. The largest absolute Gasteiger partial charge is 0.462 e. The zero-order valence-electron chi connectivity index (χ0n) is 10.2. The summed E-state index contributed by atoms with van der Waals surface area (Å²) in [5.41, 5.74) is 0.603. The highest BCUT2D eigenvalue weighted by atomic mass is 35.5. The van der Waals surface area contributed by atoms with Crippen LogP contribution in [-0.4, -0.2) is 18.5 Å². The minimum atomic E-state index is -0.251. The van der Waals surface area contributed by atoms with Crippen LogP contribution in [0.5, 0.6) is 0 Å². The first-order chi connectivity index (χ1) is 8.81. The van der Waals surface area contributed by atoms with Crippen molar-refractivity contribution in [3.63, 3.8) is 0 Å². The SMILES string of the molecule is O=C(OC[C@@H]1CC=CC[C@H]1CCl)c1ccccc1. The highest BCUT2D eigenvalue weighted by molar-refractivity contribution is 6.18. The molecule has 1 aromatic carbocycles. The van der Waals surface area contributed by atoms with E-state index in [0.717, 1.165) is 12.8 Å². The molecule has 0 bridgehead atoms. The van der Waals surface area contributed by atoms with Crippen molar-refractivity contribution < 1.29 is 9.53 Å².